The number of Topliss-reactive ketones (excluding diaryl/α,β-unsaturated/α-hetero) is 1. The van der Waals surface area contributed by atoms with Crippen LogP contribution in [0.5, 0.6) is 0 Å². The number of sulfone groups is 1. The number of carbonyl (C=O) groups is 1. The summed E-state index contributed by atoms with van der Waals surface area (Å²) >= 11 is 3.34. The molecule has 0 radical (unpaired) electrons. The zero-order valence-electron chi connectivity index (χ0n) is 10.8. The first-order valence-corrected chi connectivity index (χ1v) is 8.99. The van der Waals surface area contributed by atoms with Gasteiger partial charge in [-0.15, -0.1) is 0 Å². The number of rotatable bonds is 5. The molecule has 1 unspecified atom stereocenters. The molecular formula is C12H17BrN2O3S. The summed E-state index contributed by atoms with van der Waals surface area (Å²) in [6.07, 6.45) is 3.39. The van der Waals surface area contributed by atoms with Gasteiger partial charge in [0.1, 0.15) is 5.69 Å². The van der Waals surface area contributed by atoms with Crippen molar-refractivity contribution in [2.45, 2.75) is 32.7 Å². The molecule has 0 amide bonds. The van der Waals surface area contributed by atoms with E-state index in [0.29, 0.717) is 23.1 Å². The predicted molar refractivity (Wildman–Crippen MR) is 75.9 cm³/mol. The highest BCUT2D eigenvalue weighted by Gasteiger charge is 2.30. The Kier molecular flexibility index (Phi) is 4.45. The molecule has 0 saturated carbocycles. The van der Waals surface area contributed by atoms with E-state index in [-0.39, 0.29) is 29.6 Å². The lowest BCUT2D eigenvalue weighted by atomic mass is 10.0. The fourth-order valence-electron chi connectivity index (χ4n) is 2.41. The smallest absolute Gasteiger partial charge is 0.182 e. The second-order valence-corrected chi connectivity index (χ2v) is 8.04. The quantitative estimate of drug-likeness (QED) is 0.763. The van der Waals surface area contributed by atoms with Gasteiger partial charge in [0.2, 0.25) is 0 Å². The van der Waals surface area contributed by atoms with E-state index in [0.717, 1.165) is 6.42 Å². The lowest BCUT2D eigenvalue weighted by Crippen LogP contribution is -2.15. The van der Waals surface area contributed by atoms with E-state index >= 15 is 0 Å². The summed E-state index contributed by atoms with van der Waals surface area (Å²) < 4.78 is 25.2. The summed E-state index contributed by atoms with van der Waals surface area (Å²) in [5.41, 5.74) is 0.561. The molecule has 2 rings (SSSR count). The van der Waals surface area contributed by atoms with Crippen molar-refractivity contribution in [3.05, 3.63) is 16.4 Å². The summed E-state index contributed by atoms with van der Waals surface area (Å²) in [4.78, 5) is 12.3. The second-order valence-electron chi connectivity index (χ2n) is 4.96. The lowest BCUT2D eigenvalue weighted by molar-refractivity contribution is 0.0954. The van der Waals surface area contributed by atoms with Gasteiger partial charge >= 0.3 is 0 Å². The van der Waals surface area contributed by atoms with Gasteiger partial charge in [-0.25, -0.2) is 8.42 Å². The van der Waals surface area contributed by atoms with Gasteiger partial charge in [-0.1, -0.05) is 6.92 Å². The van der Waals surface area contributed by atoms with E-state index in [1.54, 1.807) is 10.9 Å². The number of halogens is 1. The average Bonchev–Trinajstić information content (AvgIpc) is 2.83. The van der Waals surface area contributed by atoms with Crippen molar-refractivity contribution in [1.29, 1.82) is 0 Å². The Balaban J connectivity index is 2.10. The van der Waals surface area contributed by atoms with Crippen LogP contribution in [0.2, 0.25) is 0 Å². The highest BCUT2D eigenvalue weighted by atomic mass is 79.9. The zero-order valence-corrected chi connectivity index (χ0v) is 13.2. The molecule has 106 valence electrons. The van der Waals surface area contributed by atoms with Gasteiger partial charge in [0.15, 0.2) is 15.6 Å². The summed E-state index contributed by atoms with van der Waals surface area (Å²) in [5, 5.41) is 4.16. The topological polar surface area (TPSA) is 69.0 Å². The van der Waals surface area contributed by atoms with Crippen molar-refractivity contribution in [3.8, 4) is 0 Å². The van der Waals surface area contributed by atoms with Crippen molar-refractivity contribution in [1.82, 2.24) is 9.78 Å². The fourth-order valence-corrected chi connectivity index (χ4v) is 4.79. The number of aromatic nitrogens is 2. The monoisotopic (exact) mass is 348 g/mol. The predicted octanol–water partition coefficient (Wildman–Crippen LogP) is 2.06. The Morgan fingerprint density at radius 3 is 2.89 bits per heavy atom. The van der Waals surface area contributed by atoms with E-state index in [9.17, 15) is 13.2 Å². The number of carbonyl (C=O) groups excluding carboxylic acids is 1. The van der Waals surface area contributed by atoms with Crippen LogP contribution >= 0.6 is 15.9 Å². The third kappa shape index (κ3) is 3.45. The maximum absolute atomic E-state index is 12.3. The van der Waals surface area contributed by atoms with E-state index in [2.05, 4.69) is 21.0 Å². The largest absolute Gasteiger partial charge is 0.292 e. The van der Waals surface area contributed by atoms with E-state index < -0.39 is 9.84 Å². The Hall–Kier alpha value is -0.690. The normalized spacial score (nSPS) is 21.7. The van der Waals surface area contributed by atoms with Crippen LogP contribution in [0.1, 0.15) is 36.7 Å². The van der Waals surface area contributed by atoms with Gasteiger partial charge < -0.3 is 0 Å². The molecule has 19 heavy (non-hydrogen) atoms. The zero-order chi connectivity index (χ0) is 14.0. The molecule has 0 spiro atoms. The highest BCUT2D eigenvalue weighted by molar-refractivity contribution is 9.10. The van der Waals surface area contributed by atoms with Crippen molar-refractivity contribution < 1.29 is 13.2 Å². The van der Waals surface area contributed by atoms with Crippen LogP contribution in [0.4, 0.5) is 0 Å². The number of aryl methyl sites for hydroxylation is 1. The van der Waals surface area contributed by atoms with Gasteiger partial charge in [0.25, 0.3) is 0 Å². The van der Waals surface area contributed by atoms with Crippen molar-refractivity contribution in [2.75, 3.05) is 11.5 Å². The second kappa shape index (κ2) is 5.75. The molecular weight excluding hydrogens is 332 g/mol. The fraction of sp³-hybridized carbons (Fsp3) is 0.667. The maximum Gasteiger partial charge on any atom is 0.182 e. The number of ketones is 1. The van der Waals surface area contributed by atoms with Crippen LogP contribution in [-0.4, -0.2) is 35.5 Å². The first-order chi connectivity index (χ1) is 8.93. The minimum Gasteiger partial charge on any atom is -0.292 e. The van der Waals surface area contributed by atoms with Gasteiger partial charge in [0, 0.05) is 13.0 Å². The van der Waals surface area contributed by atoms with Crippen LogP contribution in [0.3, 0.4) is 0 Å². The van der Waals surface area contributed by atoms with Crippen LogP contribution in [0, 0.1) is 5.92 Å². The molecule has 0 aliphatic carbocycles. The third-order valence-corrected chi connectivity index (χ3v) is 5.71. The molecule has 1 atom stereocenters. The SMILES string of the molecule is CCCn1ncc(Br)c1C(=O)CC1CCS(=O)(=O)C1. The van der Waals surface area contributed by atoms with E-state index in [4.69, 9.17) is 0 Å². The van der Waals surface area contributed by atoms with Crippen LogP contribution in [0.25, 0.3) is 0 Å². The molecule has 5 nitrogen and oxygen atoms in total. The van der Waals surface area contributed by atoms with Crippen molar-refractivity contribution in [2.24, 2.45) is 5.92 Å². The molecule has 1 aliphatic heterocycles. The van der Waals surface area contributed by atoms with Gasteiger partial charge in [0.05, 0.1) is 22.2 Å². The maximum atomic E-state index is 12.3. The molecule has 1 aromatic rings. The molecule has 0 aromatic carbocycles. The number of nitrogens with zero attached hydrogens (tertiary/aromatic N) is 2. The minimum absolute atomic E-state index is 0.0278. The third-order valence-electron chi connectivity index (χ3n) is 3.30. The van der Waals surface area contributed by atoms with Gasteiger partial charge in [-0.05, 0) is 34.7 Å². The Labute approximate surface area is 121 Å². The highest BCUT2D eigenvalue weighted by Crippen LogP contribution is 2.25. The van der Waals surface area contributed by atoms with Crippen molar-refractivity contribution >= 4 is 31.6 Å². The first-order valence-electron chi connectivity index (χ1n) is 6.38. The van der Waals surface area contributed by atoms with Crippen molar-refractivity contribution in [3.63, 3.8) is 0 Å². The van der Waals surface area contributed by atoms with Gasteiger partial charge in [-0.2, -0.15) is 5.10 Å². The first kappa shape index (κ1) is 14.7. The number of hydrogen-bond acceptors (Lipinski definition) is 4. The van der Waals surface area contributed by atoms with Crippen LogP contribution in [0.15, 0.2) is 10.7 Å². The molecule has 0 N–H and O–H groups in total. The van der Waals surface area contributed by atoms with Crippen LogP contribution < -0.4 is 0 Å². The standard InChI is InChI=1S/C12H17BrN2O3S/c1-2-4-15-12(10(13)7-14-15)11(16)6-9-3-5-19(17,18)8-9/h7,9H,2-6,8H2,1H3. The summed E-state index contributed by atoms with van der Waals surface area (Å²) in [6, 6.07) is 0. The molecule has 1 aliphatic rings. The average molecular weight is 349 g/mol. The Morgan fingerprint density at radius 2 is 2.32 bits per heavy atom. The van der Waals surface area contributed by atoms with E-state index in [1.165, 1.54) is 0 Å². The summed E-state index contributed by atoms with van der Waals surface area (Å²) in [5.74, 6) is 0.271. The molecule has 7 heteroatoms. The van der Waals surface area contributed by atoms with E-state index in [1.807, 2.05) is 6.92 Å². The van der Waals surface area contributed by atoms with Crippen LogP contribution in [-0.2, 0) is 16.4 Å². The molecule has 0 bridgehead atoms. The Morgan fingerprint density at radius 1 is 1.58 bits per heavy atom. The molecule has 1 aromatic heterocycles. The molecule has 2 heterocycles. The van der Waals surface area contributed by atoms with Gasteiger partial charge in [-0.3, -0.25) is 9.48 Å². The summed E-state index contributed by atoms with van der Waals surface area (Å²) in [6.45, 7) is 2.71. The Bertz CT molecular complexity index is 580. The lowest BCUT2D eigenvalue weighted by Gasteiger charge is -2.09. The minimum atomic E-state index is -2.93. The molecule has 1 saturated heterocycles. The summed E-state index contributed by atoms with van der Waals surface area (Å²) in [7, 11) is -2.93. The number of hydrogen-bond donors (Lipinski definition) is 0. The molecule has 1 fully saturated rings.